The molecule has 3 aromatic rings. The third-order valence-corrected chi connectivity index (χ3v) is 7.26. The highest BCUT2D eigenvalue weighted by molar-refractivity contribution is 7.90. The molecule has 0 spiro atoms. The molecule has 0 saturated carbocycles. The van der Waals surface area contributed by atoms with Crippen LogP contribution in [0.1, 0.15) is 5.56 Å². The van der Waals surface area contributed by atoms with Crippen molar-refractivity contribution in [2.45, 2.75) is 11.3 Å². The first-order valence-corrected chi connectivity index (χ1v) is 11.2. The number of hydrogen-bond donors (Lipinski definition) is 1. The summed E-state index contributed by atoms with van der Waals surface area (Å²) in [5.74, 6) is 0.944. The fraction of sp³-hybridized carbons (Fsp3) is 0.286. The van der Waals surface area contributed by atoms with Crippen LogP contribution in [0.25, 0.3) is 10.9 Å². The molecular formula is C21H21N3O5S. The summed E-state index contributed by atoms with van der Waals surface area (Å²) < 4.78 is 38.9. The maximum Gasteiger partial charge on any atom is 0.298 e. The minimum Gasteiger partial charge on any atom is -0.493 e. The molecule has 2 aliphatic heterocycles. The smallest absolute Gasteiger partial charge is 0.298 e. The van der Waals surface area contributed by atoms with Crippen molar-refractivity contribution < 1.29 is 22.7 Å². The average Bonchev–Trinajstić information content (AvgIpc) is 3.39. The zero-order valence-electron chi connectivity index (χ0n) is 16.2. The van der Waals surface area contributed by atoms with Crippen LogP contribution in [-0.4, -0.2) is 51.6 Å². The molecule has 0 unspecified atom stereocenters. The van der Waals surface area contributed by atoms with Crippen LogP contribution in [0.3, 0.4) is 0 Å². The Balaban J connectivity index is 1.68. The van der Waals surface area contributed by atoms with Crippen molar-refractivity contribution in [1.29, 1.82) is 0 Å². The number of carbonyl (C=O) groups is 1. The number of piperazine rings is 1. The Labute approximate surface area is 174 Å². The number of benzene rings is 2. The van der Waals surface area contributed by atoms with E-state index in [1.807, 2.05) is 12.1 Å². The predicted molar refractivity (Wildman–Crippen MR) is 112 cm³/mol. The average molecular weight is 427 g/mol. The van der Waals surface area contributed by atoms with Crippen molar-refractivity contribution in [3.05, 3.63) is 48.2 Å². The minimum absolute atomic E-state index is 0.175. The van der Waals surface area contributed by atoms with Gasteiger partial charge in [0.1, 0.15) is 5.75 Å². The molecule has 3 heterocycles. The molecule has 0 bridgehead atoms. The van der Waals surface area contributed by atoms with E-state index in [4.69, 9.17) is 9.47 Å². The van der Waals surface area contributed by atoms with Gasteiger partial charge in [0.25, 0.3) is 16.5 Å². The second-order valence-electron chi connectivity index (χ2n) is 7.28. The molecule has 0 amide bonds. The molecule has 1 N–H and O–H groups in total. The van der Waals surface area contributed by atoms with E-state index in [1.165, 1.54) is 10.2 Å². The largest absolute Gasteiger partial charge is 0.493 e. The van der Waals surface area contributed by atoms with Crippen molar-refractivity contribution in [1.82, 2.24) is 9.29 Å². The fourth-order valence-corrected chi connectivity index (χ4v) is 5.56. The molecule has 156 valence electrons. The summed E-state index contributed by atoms with van der Waals surface area (Å²) in [7, 11) is -3.90. The van der Waals surface area contributed by atoms with Crippen LogP contribution in [0.15, 0.2) is 47.5 Å². The molecule has 1 fully saturated rings. The summed E-state index contributed by atoms with van der Waals surface area (Å²) in [6, 6.07) is 10.4. The van der Waals surface area contributed by atoms with Crippen molar-refractivity contribution in [3.63, 3.8) is 0 Å². The molecule has 5 rings (SSSR count). The topological polar surface area (TPSA) is 89.9 Å². The van der Waals surface area contributed by atoms with Crippen LogP contribution in [-0.2, 0) is 21.2 Å². The molecule has 0 radical (unpaired) electrons. The third kappa shape index (κ3) is 3.01. The number of fused-ring (bicyclic) bond motifs is 2. The van der Waals surface area contributed by atoms with E-state index in [1.54, 1.807) is 24.3 Å². The zero-order valence-corrected chi connectivity index (χ0v) is 17.0. The number of nitrogens with one attached hydrogen (secondary N) is 1. The van der Waals surface area contributed by atoms with E-state index >= 15 is 0 Å². The Hall–Kier alpha value is -3.04. The summed E-state index contributed by atoms with van der Waals surface area (Å²) in [6.45, 7) is 4.10. The highest BCUT2D eigenvalue weighted by Crippen LogP contribution is 2.38. The normalized spacial score (nSPS) is 16.3. The lowest BCUT2D eigenvalue weighted by atomic mass is 10.1. The number of nitrogens with zero attached hydrogens (tertiary/aromatic N) is 2. The first kappa shape index (κ1) is 19.0. The Morgan fingerprint density at radius 1 is 1.13 bits per heavy atom. The number of anilines is 1. The van der Waals surface area contributed by atoms with Crippen molar-refractivity contribution in [3.8, 4) is 11.5 Å². The highest BCUT2D eigenvalue weighted by atomic mass is 32.2. The first-order chi connectivity index (χ1) is 14.6. The number of aromatic nitrogens is 1. The quantitative estimate of drug-likeness (QED) is 0.621. The van der Waals surface area contributed by atoms with E-state index < -0.39 is 10.0 Å². The van der Waals surface area contributed by atoms with Gasteiger partial charge >= 0.3 is 0 Å². The van der Waals surface area contributed by atoms with Gasteiger partial charge in [0.2, 0.25) is 0 Å². The van der Waals surface area contributed by atoms with Gasteiger partial charge in [-0.1, -0.05) is 6.07 Å². The molecule has 9 heteroatoms. The molecular weight excluding hydrogens is 406 g/mol. The van der Waals surface area contributed by atoms with Crippen molar-refractivity contribution in [2.75, 3.05) is 37.7 Å². The zero-order chi connectivity index (χ0) is 20.7. The summed E-state index contributed by atoms with van der Waals surface area (Å²) >= 11 is 0. The second kappa shape index (κ2) is 7.33. The standard InChI is InChI=1S/C21H21N3O5S/c25-14-29-20-13-24(30(26,27)16-4-5-19-15(12-16)6-11-28-19)18-3-1-2-17(21(18)20)23-9-7-22-8-10-23/h1-5,12-14,22H,6-11H2. The lowest BCUT2D eigenvalue weighted by Gasteiger charge is -2.30. The molecule has 2 aromatic carbocycles. The molecule has 0 aliphatic carbocycles. The van der Waals surface area contributed by atoms with Gasteiger partial charge in [0.15, 0.2) is 5.75 Å². The van der Waals surface area contributed by atoms with E-state index in [-0.39, 0.29) is 10.6 Å². The summed E-state index contributed by atoms with van der Waals surface area (Å²) in [4.78, 5) is 13.5. The molecule has 1 saturated heterocycles. The summed E-state index contributed by atoms with van der Waals surface area (Å²) in [5, 5.41) is 3.91. The Kier molecular flexibility index (Phi) is 4.63. The van der Waals surface area contributed by atoms with Crippen molar-refractivity contribution in [2.24, 2.45) is 0 Å². The van der Waals surface area contributed by atoms with Crippen LogP contribution in [0, 0.1) is 0 Å². The minimum atomic E-state index is -3.90. The molecule has 0 atom stereocenters. The Bertz CT molecular complexity index is 1230. The SMILES string of the molecule is O=COc1cn(S(=O)(=O)c2ccc3c(c2)CCO3)c2cccc(N3CCNCC3)c12. The van der Waals surface area contributed by atoms with Crippen LogP contribution >= 0.6 is 0 Å². The predicted octanol–water partition coefficient (Wildman–Crippen LogP) is 1.76. The monoisotopic (exact) mass is 427 g/mol. The summed E-state index contributed by atoms with van der Waals surface area (Å²) in [6.07, 6.45) is 2.06. The van der Waals surface area contributed by atoms with E-state index in [0.717, 1.165) is 43.2 Å². The first-order valence-electron chi connectivity index (χ1n) is 9.81. The van der Waals surface area contributed by atoms with Gasteiger partial charge in [-0.25, -0.2) is 12.4 Å². The Morgan fingerprint density at radius 2 is 1.97 bits per heavy atom. The van der Waals surface area contributed by atoms with Gasteiger partial charge in [-0.3, -0.25) is 4.79 Å². The van der Waals surface area contributed by atoms with Gasteiger partial charge in [-0.15, -0.1) is 0 Å². The lowest BCUT2D eigenvalue weighted by Crippen LogP contribution is -2.43. The van der Waals surface area contributed by atoms with Crippen LogP contribution in [0.2, 0.25) is 0 Å². The van der Waals surface area contributed by atoms with Crippen LogP contribution < -0.4 is 19.7 Å². The Morgan fingerprint density at radius 3 is 2.77 bits per heavy atom. The fourth-order valence-electron chi connectivity index (χ4n) is 4.15. The van der Waals surface area contributed by atoms with Gasteiger partial charge in [-0.05, 0) is 35.9 Å². The molecule has 2 aliphatic rings. The lowest BCUT2D eigenvalue weighted by molar-refractivity contribution is -0.120. The maximum atomic E-state index is 13.5. The number of rotatable bonds is 5. The third-order valence-electron chi connectivity index (χ3n) is 5.59. The molecule has 1 aromatic heterocycles. The number of carbonyl (C=O) groups excluding carboxylic acids is 1. The van der Waals surface area contributed by atoms with E-state index in [9.17, 15) is 13.2 Å². The van der Waals surface area contributed by atoms with Crippen LogP contribution in [0.4, 0.5) is 5.69 Å². The van der Waals surface area contributed by atoms with Gasteiger partial charge in [0.05, 0.1) is 34.3 Å². The number of hydrogen-bond acceptors (Lipinski definition) is 7. The highest BCUT2D eigenvalue weighted by Gasteiger charge is 2.26. The summed E-state index contributed by atoms with van der Waals surface area (Å²) in [5.41, 5.74) is 2.19. The second-order valence-corrected chi connectivity index (χ2v) is 9.10. The maximum absolute atomic E-state index is 13.5. The number of ether oxygens (including phenoxy) is 2. The van der Waals surface area contributed by atoms with Gasteiger partial charge in [-0.2, -0.15) is 0 Å². The van der Waals surface area contributed by atoms with E-state index in [2.05, 4.69) is 10.2 Å². The molecule has 8 nitrogen and oxygen atoms in total. The molecule has 30 heavy (non-hydrogen) atoms. The van der Waals surface area contributed by atoms with Crippen molar-refractivity contribution >= 4 is 33.1 Å². The van der Waals surface area contributed by atoms with Gasteiger partial charge < -0.3 is 19.7 Å². The van der Waals surface area contributed by atoms with Crippen LogP contribution in [0.5, 0.6) is 11.5 Å². The van der Waals surface area contributed by atoms with E-state index in [0.29, 0.717) is 30.4 Å². The van der Waals surface area contributed by atoms with Gasteiger partial charge in [0, 0.05) is 32.6 Å².